The summed E-state index contributed by atoms with van der Waals surface area (Å²) in [4.78, 5) is 2.06. The van der Waals surface area contributed by atoms with Crippen LogP contribution in [0.25, 0.3) is 0 Å². The Bertz CT molecular complexity index is 756. The van der Waals surface area contributed by atoms with E-state index in [1.165, 1.54) is 19.8 Å². The molecule has 1 heterocycles. The maximum absolute atomic E-state index is 13.3. The fourth-order valence-electron chi connectivity index (χ4n) is 3.28. The molecule has 0 radical (unpaired) electrons. The average Bonchev–Trinajstić information content (AvgIpc) is 2.66. The second kappa shape index (κ2) is 6.98. The maximum Gasteiger partial charge on any atom is 0.356 e. The zero-order valence-electron chi connectivity index (χ0n) is 14.1. The Morgan fingerprint density at radius 1 is 1.00 bits per heavy atom. The minimum absolute atomic E-state index is 0.506. The van der Waals surface area contributed by atoms with Crippen LogP contribution in [0, 0.1) is 0 Å². The Morgan fingerprint density at radius 3 is 2.38 bits per heavy atom. The van der Waals surface area contributed by atoms with Gasteiger partial charge in [-0.3, -0.25) is 4.57 Å². The van der Waals surface area contributed by atoms with Crippen LogP contribution in [0.5, 0.6) is 5.75 Å². The van der Waals surface area contributed by atoms with Gasteiger partial charge in [-0.25, -0.2) is 0 Å². The second-order valence-electron chi connectivity index (χ2n) is 5.59. The molecule has 1 unspecified atom stereocenters. The van der Waals surface area contributed by atoms with E-state index in [2.05, 4.69) is 11.0 Å². The predicted molar refractivity (Wildman–Crippen MR) is 94.9 cm³/mol. The van der Waals surface area contributed by atoms with Crippen LogP contribution in [-0.4, -0.2) is 27.9 Å². The summed E-state index contributed by atoms with van der Waals surface area (Å²) in [5.41, 5.74) is 3.03. The lowest BCUT2D eigenvalue weighted by Gasteiger charge is -2.41. The molecule has 1 atom stereocenters. The highest BCUT2D eigenvalue weighted by atomic mass is 31.2. The fourth-order valence-corrected chi connectivity index (χ4v) is 5.00. The Kier molecular flexibility index (Phi) is 4.95. The molecule has 0 fully saturated rings. The average molecular weight is 347 g/mol. The number of anilines is 1. The summed E-state index contributed by atoms with van der Waals surface area (Å²) >= 11 is 0. The van der Waals surface area contributed by atoms with Crippen molar-refractivity contribution in [3.8, 4) is 5.75 Å². The summed E-state index contributed by atoms with van der Waals surface area (Å²) in [6, 6.07) is 15.7. The molecule has 0 amide bonds. The molecule has 5 nitrogen and oxygen atoms in total. The molecule has 0 N–H and O–H groups in total. The van der Waals surface area contributed by atoms with Crippen LogP contribution >= 0.6 is 7.60 Å². The number of benzene rings is 2. The van der Waals surface area contributed by atoms with Crippen molar-refractivity contribution in [1.29, 1.82) is 0 Å². The smallest absolute Gasteiger partial charge is 0.356 e. The minimum atomic E-state index is -3.37. The molecule has 0 aliphatic carbocycles. The van der Waals surface area contributed by atoms with Crippen molar-refractivity contribution in [2.75, 3.05) is 32.8 Å². The van der Waals surface area contributed by atoms with E-state index in [4.69, 9.17) is 13.8 Å². The first kappa shape index (κ1) is 17.0. The number of hydrogen-bond acceptors (Lipinski definition) is 5. The molecule has 24 heavy (non-hydrogen) atoms. The molecule has 1 aliphatic heterocycles. The number of methoxy groups -OCH3 is 1. The van der Waals surface area contributed by atoms with Gasteiger partial charge in [-0.2, -0.15) is 0 Å². The van der Waals surface area contributed by atoms with Crippen molar-refractivity contribution in [1.82, 2.24) is 0 Å². The van der Waals surface area contributed by atoms with E-state index in [9.17, 15) is 4.57 Å². The molecule has 0 bridgehead atoms. The summed E-state index contributed by atoms with van der Waals surface area (Å²) in [5.74, 6) is 0.231. The molecule has 1 aliphatic rings. The van der Waals surface area contributed by atoms with Crippen LogP contribution < -0.4 is 9.64 Å². The largest absolute Gasteiger partial charge is 0.495 e. The molecule has 0 aromatic heterocycles. The molecular formula is C18H22NO4P. The number of nitrogens with zero attached hydrogens (tertiary/aromatic N) is 1. The summed E-state index contributed by atoms with van der Waals surface area (Å²) in [5, 5.41) is 0. The van der Waals surface area contributed by atoms with Crippen molar-refractivity contribution in [2.24, 2.45) is 0 Å². The minimum Gasteiger partial charge on any atom is -0.495 e. The van der Waals surface area contributed by atoms with E-state index in [0.717, 1.165) is 23.4 Å². The Balaban J connectivity index is 2.17. The van der Waals surface area contributed by atoms with Gasteiger partial charge in [-0.05, 0) is 29.7 Å². The molecule has 128 valence electrons. The van der Waals surface area contributed by atoms with Crippen molar-refractivity contribution in [3.05, 3.63) is 59.7 Å². The third kappa shape index (κ3) is 2.84. The zero-order chi connectivity index (χ0) is 17.2. The number of rotatable bonds is 5. The lowest BCUT2D eigenvalue weighted by atomic mass is 9.99. The van der Waals surface area contributed by atoms with E-state index in [0.29, 0.717) is 6.54 Å². The number of fused-ring (bicyclic) bond motifs is 1. The number of hydrogen-bond donors (Lipinski definition) is 0. The first-order chi connectivity index (χ1) is 11.6. The Morgan fingerprint density at radius 2 is 1.67 bits per heavy atom. The van der Waals surface area contributed by atoms with E-state index < -0.39 is 13.4 Å². The summed E-state index contributed by atoms with van der Waals surface area (Å²) in [6.45, 7) is 0.707. The van der Waals surface area contributed by atoms with E-state index in [1.54, 1.807) is 7.11 Å². The summed E-state index contributed by atoms with van der Waals surface area (Å²) in [7, 11) is 1.13. The van der Waals surface area contributed by atoms with Gasteiger partial charge in [-0.1, -0.05) is 36.4 Å². The van der Waals surface area contributed by atoms with Gasteiger partial charge in [0.15, 0.2) is 5.78 Å². The van der Waals surface area contributed by atoms with Gasteiger partial charge in [0.1, 0.15) is 5.75 Å². The first-order valence-electron chi connectivity index (χ1n) is 7.83. The first-order valence-corrected chi connectivity index (χ1v) is 9.44. The number of para-hydroxylation sites is 2. The molecule has 3 rings (SSSR count). The zero-order valence-corrected chi connectivity index (χ0v) is 15.0. The van der Waals surface area contributed by atoms with Gasteiger partial charge in [-0.15, -0.1) is 0 Å². The molecule has 0 spiro atoms. The van der Waals surface area contributed by atoms with Gasteiger partial charge < -0.3 is 18.7 Å². The van der Waals surface area contributed by atoms with Gasteiger partial charge in [0.2, 0.25) is 0 Å². The highest BCUT2D eigenvalue weighted by molar-refractivity contribution is 7.54. The highest BCUT2D eigenvalue weighted by Crippen LogP contribution is 2.63. The standard InChI is InChI=1S/C18H22NO4P/c1-21-17-11-7-6-10-16(17)19-13-12-14-8-4-5-9-15(14)18(19)24(20,22-2)23-3/h4-11,18H,12-13H2,1-3H3. The van der Waals surface area contributed by atoms with Gasteiger partial charge >= 0.3 is 7.60 Å². The third-order valence-corrected chi connectivity index (χ3v) is 6.63. The fraction of sp³-hybridized carbons (Fsp3) is 0.333. The van der Waals surface area contributed by atoms with Crippen LogP contribution in [-0.2, 0) is 20.0 Å². The quantitative estimate of drug-likeness (QED) is 0.757. The molecule has 0 saturated heterocycles. The van der Waals surface area contributed by atoms with Crippen LogP contribution in [0.3, 0.4) is 0 Å². The van der Waals surface area contributed by atoms with Gasteiger partial charge in [0.05, 0.1) is 12.8 Å². The van der Waals surface area contributed by atoms with Crippen LogP contribution in [0.4, 0.5) is 5.69 Å². The van der Waals surface area contributed by atoms with Crippen molar-refractivity contribution >= 4 is 13.3 Å². The molecule has 2 aromatic carbocycles. The normalized spacial score (nSPS) is 17.5. The molecule has 6 heteroatoms. The molecule has 2 aromatic rings. The van der Waals surface area contributed by atoms with Crippen molar-refractivity contribution < 1.29 is 18.3 Å². The topological polar surface area (TPSA) is 48.0 Å². The summed E-state index contributed by atoms with van der Waals surface area (Å²) in [6.07, 6.45) is 0.859. The summed E-state index contributed by atoms with van der Waals surface area (Å²) < 4.78 is 29.5. The molecular weight excluding hydrogens is 325 g/mol. The van der Waals surface area contributed by atoms with E-state index in [1.807, 2.05) is 42.5 Å². The second-order valence-corrected chi connectivity index (χ2v) is 7.89. The lowest BCUT2D eigenvalue weighted by molar-refractivity contribution is 0.263. The van der Waals surface area contributed by atoms with Gasteiger partial charge in [0.25, 0.3) is 0 Å². The maximum atomic E-state index is 13.3. The lowest BCUT2D eigenvalue weighted by Crippen LogP contribution is -2.36. The SMILES string of the molecule is COc1ccccc1N1CCc2ccccc2C1P(=O)(OC)OC. The van der Waals surface area contributed by atoms with Crippen LogP contribution in [0.15, 0.2) is 48.5 Å². The monoisotopic (exact) mass is 347 g/mol. The predicted octanol–water partition coefficient (Wildman–Crippen LogP) is 4.24. The van der Waals surface area contributed by atoms with E-state index >= 15 is 0 Å². The van der Waals surface area contributed by atoms with Crippen molar-refractivity contribution in [3.63, 3.8) is 0 Å². The van der Waals surface area contributed by atoms with Gasteiger partial charge in [0, 0.05) is 20.8 Å². The number of ether oxygens (including phenoxy) is 1. The highest BCUT2D eigenvalue weighted by Gasteiger charge is 2.43. The van der Waals surface area contributed by atoms with Crippen LogP contribution in [0.2, 0.25) is 0 Å². The molecule has 0 saturated carbocycles. The van der Waals surface area contributed by atoms with E-state index in [-0.39, 0.29) is 0 Å². The van der Waals surface area contributed by atoms with Crippen molar-refractivity contribution in [2.45, 2.75) is 12.2 Å². The van der Waals surface area contributed by atoms with Crippen LogP contribution in [0.1, 0.15) is 16.9 Å². The Labute approximate surface area is 142 Å². The Hall–Kier alpha value is -1.81. The third-order valence-electron chi connectivity index (χ3n) is 4.45.